The van der Waals surface area contributed by atoms with Gasteiger partial charge in [-0.25, -0.2) is 9.78 Å². The van der Waals surface area contributed by atoms with Crippen molar-refractivity contribution in [3.8, 4) is 11.5 Å². The van der Waals surface area contributed by atoms with Crippen LogP contribution >= 0.6 is 23.2 Å². The molecule has 3 N–H and O–H groups in total. The normalized spacial score (nSPS) is 19.7. The Hall–Kier alpha value is -2.49. The number of amides is 2. The fraction of sp³-hybridized carbons (Fsp3) is 0.450. The number of hydrogen-bond donors (Lipinski definition) is 2. The molecule has 2 fully saturated rings. The number of rotatable bonds is 4. The molecule has 1 aliphatic carbocycles. The number of halogens is 2. The summed E-state index contributed by atoms with van der Waals surface area (Å²) in [6, 6.07) is 1.34. The van der Waals surface area contributed by atoms with Crippen LogP contribution in [0.5, 0.6) is 11.5 Å². The Balaban J connectivity index is 1.60. The molecule has 0 radical (unpaired) electrons. The van der Waals surface area contributed by atoms with E-state index in [9.17, 15) is 4.79 Å². The Kier molecular flexibility index (Phi) is 4.80. The third kappa shape index (κ3) is 3.06. The lowest BCUT2D eigenvalue weighted by atomic mass is 9.61. The van der Waals surface area contributed by atoms with Crippen molar-refractivity contribution < 1.29 is 14.3 Å². The zero-order valence-corrected chi connectivity index (χ0v) is 18.6. The van der Waals surface area contributed by atoms with E-state index in [1.807, 2.05) is 0 Å². The van der Waals surface area contributed by atoms with Crippen molar-refractivity contribution >= 4 is 46.7 Å². The van der Waals surface area contributed by atoms with Gasteiger partial charge in [-0.2, -0.15) is 4.98 Å². The largest absolute Gasteiger partial charge is 0.495 e. The third-order valence-corrected chi connectivity index (χ3v) is 7.11. The SMILES string of the molecule is COc1cc(OC)c(Cl)c(N2Cc3cnc(N)nc3N(C3CC4(CNC4)C3)C2=O)c1Cl. The summed E-state index contributed by atoms with van der Waals surface area (Å²) in [5, 5.41) is 3.78. The lowest BCUT2D eigenvalue weighted by Crippen LogP contribution is -2.67. The second kappa shape index (κ2) is 7.29. The average molecular weight is 465 g/mol. The first-order chi connectivity index (χ1) is 14.9. The van der Waals surface area contributed by atoms with Gasteiger partial charge in [0, 0.05) is 37.0 Å². The fourth-order valence-corrected chi connectivity index (χ4v) is 5.40. The highest BCUT2D eigenvalue weighted by molar-refractivity contribution is 6.42. The predicted molar refractivity (Wildman–Crippen MR) is 118 cm³/mol. The van der Waals surface area contributed by atoms with Crippen LogP contribution in [0.15, 0.2) is 12.3 Å². The third-order valence-electron chi connectivity index (χ3n) is 6.38. The summed E-state index contributed by atoms with van der Waals surface area (Å²) in [5.74, 6) is 1.39. The zero-order chi connectivity index (χ0) is 21.9. The van der Waals surface area contributed by atoms with Crippen LogP contribution in [0.2, 0.25) is 10.0 Å². The number of nitrogens with zero attached hydrogens (tertiary/aromatic N) is 4. The van der Waals surface area contributed by atoms with Gasteiger partial charge in [-0.1, -0.05) is 23.2 Å². The monoisotopic (exact) mass is 464 g/mol. The number of hydrogen-bond acceptors (Lipinski definition) is 7. The van der Waals surface area contributed by atoms with E-state index in [-0.39, 0.29) is 40.0 Å². The van der Waals surface area contributed by atoms with Crippen molar-refractivity contribution in [2.45, 2.75) is 25.4 Å². The Labute approximate surface area is 189 Å². The molecular weight excluding hydrogens is 443 g/mol. The molecule has 5 rings (SSSR count). The van der Waals surface area contributed by atoms with Crippen LogP contribution in [0.1, 0.15) is 18.4 Å². The van der Waals surface area contributed by atoms with Gasteiger partial charge in [-0.05, 0) is 18.3 Å². The van der Waals surface area contributed by atoms with Crippen molar-refractivity contribution in [2.75, 3.05) is 42.8 Å². The predicted octanol–water partition coefficient (Wildman–Crippen LogP) is 3.08. The second-order valence-corrected chi connectivity index (χ2v) is 8.99. The lowest BCUT2D eigenvalue weighted by molar-refractivity contribution is 0.0378. The number of nitrogen functional groups attached to an aromatic ring is 1. The number of benzene rings is 1. The molecule has 3 aliphatic rings. The molecule has 2 aliphatic heterocycles. The molecule has 1 saturated heterocycles. The highest BCUT2D eigenvalue weighted by atomic mass is 35.5. The molecule has 2 aromatic rings. The van der Waals surface area contributed by atoms with Crippen LogP contribution in [0, 0.1) is 5.41 Å². The van der Waals surface area contributed by atoms with E-state index in [4.69, 9.17) is 38.4 Å². The van der Waals surface area contributed by atoms with Gasteiger partial charge in [-0.15, -0.1) is 0 Å². The maximum atomic E-state index is 13.8. The Morgan fingerprint density at radius 3 is 2.39 bits per heavy atom. The van der Waals surface area contributed by atoms with E-state index in [1.165, 1.54) is 19.1 Å². The molecule has 0 atom stereocenters. The molecule has 1 aromatic carbocycles. The van der Waals surface area contributed by atoms with E-state index >= 15 is 0 Å². The van der Waals surface area contributed by atoms with Gasteiger partial charge in [-0.3, -0.25) is 9.80 Å². The van der Waals surface area contributed by atoms with Gasteiger partial charge in [0.1, 0.15) is 27.4 Å². The zero-order valence-electron chi connectivity index (χ0n) is 17.1. The van der Waals surface area contributed by atoms with Gasteiger partial charge in [0.15, 0.2) is 0 Å². The van der Waals surface area contributed by atoms with Crippen LogP contribution in [-0.2, 0) is 6.54 Å². The number of carbonyl (C=O) groups excluding carboxylic acids is 1. The number of methoxy groups -OCH3 is 2. The average Bonchev–Trinajstić information content (AvgIpc) is 2.68. The number of carbonyl (C=O) groups is 1. The van der Waals surface area contributed by atoms with Crippen molar-refractivity contribution in [1.29, 1.82) is 0 Å². The number of fused-ring (bicyclic) bond motifs is 1. The van der Waals surface area contributed by atoms with Crippen molar-refractivity contribution in [3.63, 3.8) is 0 Å². The standard InChI is InChI=1S/C20H22Cl2N6O3/c1-30-12-3-13(31-2)15(22)16(14(12)21)27-7-10-6-25-18(23)26-17(10)28(19(27)29)11-4-20(5-11)8-24-9-20/h3,6,11,24H,4-5,7-9H2,1-2H3,(H2,23,25,26). The number of urea groups is 1. The smallest absolute Gasteiger partial charge is 0.330 e. The van der Waals surface area contributed by atoms with Gasteiger partial charge in [0.05, 0.1) is 26.5 Å². The summed E-state index contributed by atoms with van der Waals surface area (Å²) >= 11 is 13.2. The number of nitrogens with two attached hydrogens (primary N) is 1. The van der Waals surface area contributed by atoms with Gasteiger partial charge in [0.25, 0.3) is 0 Å². The van der Waals surface area contributed by atoms with Gasteiger partial charge in [0.2, 0.25) is 5.95 Å². The second-order valence-electron chi connectivity index (χ2n) is 8.24. The molecule has 1 saturated carbocycles. The van der Waals surface area contributed by atoms with Crippen LogP contribution in [0.25, 0.3) is 0 Å². The summed E-state index contributed by atoms with van der Waals surface area (Å²) < 4.78 is 10.8. The maximum absolute atomic E-state index is 13.8. The molecule has 9 nitrogen and oxygen atoms in total. The number of anilines is 3. The van der Waals surface area contributed by atoms with Crippen LogP contribution in [0.4, 0.5) is 22.2 Å². The molecule has 31 heavy (non-hydrogen) atoms. The molecule has 2 amide bonds. The molecule has 11 heteroatoms. The van der Waals surface area contributed by atoms with Crippen molar-refractivity contribution in [3.05, 3.63) is 27.9 Å². The molecule has 1 spiro atoms. The number of ether oxygens (including phenoxy) is 2. The van der Waals surface area contributed by atoms with Crippen LogP contribution < -0.4 is 30.3 Å². The summed E-state index contributed by atoms with van der Waals surface area (Å²) in [4.78, 5) is 25.6. The summed E-state index contributed by atoms with van der Waals surface area (Å²) in [5.41, 5.74) is 7.20. The number of nitrogens with one attached hydrogen (secondary N) is 1. The van der Waals surface area contributed by atoms with Gasteiger partial charge < -0.3 is 20.5 Å². The molecule has 3 heterocycles. The molecular formula is C20H22Cl2N6O3. The first kappa shape index (κ1) is 20.4. The fourth-order valence-electron chi connectivity index (χ4n) is 4.69. The minimum atomic E-state index is -0.267. The Morgan fingerprint density at radius 2 is 1.84 bits per heavy atom. The van der Waals surface area contributed by atoms with E-state index in [1.54, 1.807) is 17.2 Å². The van der Waals surface area contributed by atoms with Crippen molar-refractivity contribution in [2.24, 2.45) is 5.41 Å². The van der Waals surface area contributed by atoms with E-state index in [2.05, 4.69) is 15.3 Å². The Morgan fingerprint density at radius 1 is 1.19 bits per heavy atom. The van der Waals surface area contributed by atoms with E-state index in [0.717, 1.165) is 31.5 Å². The molecule has 0 bridgehead atoms. The number of aromatic nitrogens is 2. The van der Waals surface area contributed by atoms with Crippen molar-refractivity contribution in [1.82, 2.24) is 15.3 Å². The first-order valence-electron chi connectivity index (χ1n) is 9.90. The Bertz CT molecular complexity index is 1040. The molecule has 1 aromatic heterocycles. The van der Waals surface area contributed by atoms with Crippen LogP contribution in [-0.4, -0.2) is 49.4 Å². The van der Waals surface area contributed by atoms with E-state index < -0.39 is 0 Å². The lowest BCUT2D eigenvalue weighted by Gasteiger charge is -2.57. The minimum absolute atomic E-state index is 0.00973. The topological polar surface area (TPSA) is 106 Å². The van der Waals surface area contributed by atoms with Crippen LogP contribution in [0.3, 0.4) is 0 Å². The molecule has 164 valence electrons. The highest BCUT2D eigenvalue weighted by Gasteiger charge is 2.53. The highest BCUT2D eigenvalue weighted by Crippen LogP contribution is 2.51. The van der Waals surface area contributed by atoms with E-state index in [0.29, 0.717) is 23.0 Å². The summed E-state index contributed by atoms with van der Waals surface area (Å²) in [6.07, 6.45) is 3.43. The van der Waals surface area contributed by atoms with Gasteiger partial charge >= 0.3 is 6.03 Å². The quantitative estimate of drug-likeness (QED) is 0.715. The maximum Gasteiger partial charge on any atom is 0.330 e. The summed E-state index contributed by atoms with van der Waals surface area (Å²) in [6.45, 7) is 2.14. The summed E-state index contributed by atoms with van der Waals surface area (Å²) in [7, 11) is 2.99. The first-order valence-corrected chi connectivity index (χ1v) is 10.7. The minimum Gasteiger partial charge on any atom is -0.495 e. The molecule has 0 unspecified atom stereocenters.